The molecule has 0 bridgehead atoms. The fourth-order valence-electron chi connectivity index (χ4n) is 0.977. The molecule has 0 amide bonds. The van der Waals surface area contributed by atoms with Crippen molar-refractivity contribution in [3.8, 4) is 0 Å². The van der Waals surface area contributed by atoms with Crippen molar-refractivity contribution in [2.75, 3.05) is 0 Å². The Hall–Kier alpha value is 0.280. The molecule has 1 atom stereocenters. The molecule has 0 saturated heterocycles. The fraction of sp³-hybridized carbons (Fsp3) is 0.500. The van der Waals surface area contributed by atoms with Crippen molar-refractivity contribution in [3.05, 3.63) is 12.2 Å². The van der Waals surface area contributed by atoms with E-state index in [0.717, 1.165) is 6.29 Å². The van der Waals surface area contributed by atoms with Crippen molar-refractivity contribution in [1.82, 2.24) is 0 Å². The van der Waals surface area contributed by atoms with Crippen molar-refractivity contribution in [2.45, 2.75) is 12.5 Å². The van der Waals surface area contributed by atoms with E-state index in [2.05, 4.69) is 16.8 Å². The van der Waals surface area contributed by atoms with Gasteiger partial charge in [0, 0.05) is 0 Å². The topological polar surface area (TPSA) is 17.1 Å². The zero-order valence-electron chi connectivity index (χ0n) is 5.00. The van der Waals surface area contributed by atoms with Gasteiger partial charge in [0.15, 0.2) is 0 Å². The predicted octanol–water partition coefficient (Wildman–Crippen LogP) is 1.25. The van der Waals surface area contributed by atoms with Crippen LogP contribution in [0.1, 0.15) is 0 Å². The van der Waals surface area contributed by atoms with E-state index in [0.29, 0.717) is 3.67 Å². The molecule has 0 saturated carbocycles. The minimum atomic E-state index is -1.25. The van der Waals surface area contributed by atoms with Crippen LogP contribution in [-0.4, -0.2) is 27.7 Å². The van der Waals surface area contributed by atoms with E-state index in [-0.39, 0.29) is 0 Å². The molecule has 1 nitrogen and oxygen atoms in total. The molecular weight excluding hydrogens is 203 g/mol. The molecule has 0 aliphatic carbocycles. The first kappa shape index (κ1) is 6.40. The summed E-state index contributed by atoms with van der Waals surface area (Å²) in [5, 5.41) is 0. The Kier molecular flexibility index (Phi) is 2.17. The van der Waals surface area contributed by atoms with Gasteiger partial charge in [-0.3, -0.25) is 0 Å². The van der Waals surface area contributed by atoms with Crippen LogP contribution in [0.15, 0.2) is 12.2 Å². The van der Waals surface area contributed by atoms with E-state index in [4.69, 9.17) is 0 Å². The van der Waals surface area contributed by atoms with Gasteiger partial charge in [0.25, 0.3) is 0 Å². The van der Waals surface area contributed by atoms with E-state index in [1.54, 1.807) is 0 Å². The first-order valence-electron chi connectivity index (χ1n) is 2.96. The number of aldehydes is 1. The van der Waals surface area contributed by atoms with Gasteiger partial charge in [0.05, 0.1) is 0 Å². The number of hydrogen-bond donors (Lipinski definition) is 0. The summed E-state index contributed by atoms with van der Waals surface area (Å²) in [6, 6.07) is 0. The van der Waals surface area contributed by atoms with Crippen LogP contribution < -0.4 is 0 Å². The molecule has 0 N–H and O–H groups in total. The summed E-state index contributed by atoms with van der Waals surface area (Å²) in [4.78, 5) is 10.2. The van der Waals surface area contributed by atoms with Crippen molar-refractivity contribution < 1.29 is 4.79 Å². The number of hydrogen-bond acceptors (Lipinski definition) is 1. The maximum atomic E-state index is 10.2. The average molecular weight is 212 g/mol. The quantitative estimate of drug-likeness (QED) is 0.472. The Morgan fingerprint density at radius 3 is 2.88 bits per heavy atom. The Balaban J connectivity index is 2.52. The van der Waals surface area contributed by atoms with Crippen molar-refractivity contribution in [2.24, 2.45) is 0 Å². The molecule has 0 spiro atoms. The first-order chi connectivity index (χ1) is 3.84. The number of rotatable bonds is 1. The van der Waals surface area contributed by atoms with Gasteiger partial charge in [-0.15, -0.1) is 0 Å². The molecule has 42 valence electrons. The van der Waals surface area contributed by atoms with Crippen LogP contribution in [0.5, 0.6) is 0 Å². The summed E-state index contributed by atoms with van der Waals surface area (Å²) in [6.45, 7) is 0. The van der Waals surface area contributed by atoms with E-state index in [9.17, 15) is 4.79 Å². The zero-order chi connectivity index (χ0) is 5.98. The van der Waals surface area contributed by atoms with Gasteiger partial charge in [0.1, 0.15) is 0 Å². The van der Waals surface area contributed by atoms with Crippen molar-refractivity contribution in [3.63, 3.8) is 0 Å². The van der Waals surface area contributed by atoms with Crippen LogP contribution in [-0.2, 0) is 4.79 Å². The Morgan fingerprint density at radius 2 is 2.62 bits per heavy atom. The summed E-state index contributed by atoms with van der Waals surface area (Å²) in [5.74, 6) is 0. The molecule has 0 fully saturated rings. The predicted molar refractivity (Wildman–Crippen MR) is 35.4 cm³/mol. The second-order valence-electron chi connectivity index (χ2n) is 2.35. The van der Waals surface area contributed by atoms with E-state index in [1.165, 1.54) is 4.18 Å². The van der Waals surface area contributed by atoms with Gasteiger partial charge in [-0.2, -0.15) is 0 Å². The molecular formula is C6H9InO. The Labute approximate surface area is 57.3 Å². The summed E-state index contributed by atoms with van der Waals surface area (Å²) in [7, 11) is 0. The van der Waals surface area contributed by atoms with Crippen LogP contribution in [0.25, 0.3) is 0 Å². The van der Waals surface area contributed by atoms with Gasteiger partial charge in [0.2, 0.25) is 0 Å². The van der Waals surface area contributed by atoms with Gasteiger partial charge in [-0.1, -0.05) is 0 Å². The van der Waals surface area contributed by atoms with Gasteiger partial charge >= 0.3 is 57.2 Å². The number of allylic oxidation sites excluding steroid dienone is 2. The summed E-state index contributed by atoms with van der Waals surface area (Å²) < 4.78 is 4.00. The average Bonchev–Trinajstić information content (AvgIpc) is 2.14. The van der Waals surface area contributed by atoms with Crippen LogP contribution >= 0.6 is 0 Å². The normalized spacial score (nSPS) is 26.6. The Morgan fingerprint density at radius 1 is 1.88 bits per heavy atom. The van der Waals surface area contributed by atoms with Crippen LogP contribution in [0.3, 0.4) is 0 Å². The molecule has 0 aromatic carbocycles. The third-order valence-corrected chi connectivity index (χ3v) is 9.41. The third kappa shape index (κ3) is 1.16. The molecule has 1 heterocycles. The van der Waals surface area contributed by atoms with Crippen molar-refractivity contribution in [1.29, 1.82) is 0 Å². The van der Waals surface area contributed by atoms with Gasteiger partial charge < -0.3 is 0 Å². The second-order valence-corrected chi connectivity index (χ2v) is 11.5. The summed E-state index contributed by atoms with van der Waals surface area (Å²) >= 11 is -1.25. The van der Waals surface area contributed by atoms with Gasteiger partial charge in [-0.05, 0) is 0 Å². The molecule has 1 rings (SSSR count). The van der Waals surface area contributed by atoms with Crippen molar-refractivity contribution >= 4 is 27.7 Å². The van der Waals surface area contributed by atoms with E-state index >= 15 is 0 Å². The van der Waals surface area contributed by atoms with E-state index < -0.39 is 21.4 Å². The molecule has 2 heteroatoms. The van der Waals surface area contributed by atoms with Crippen LogP contribution in [0.4, 0.5) is 0 Å². The zero-order valence-corrected chi connectivity index (χ0v) is 8.30. The fourth-order valence-corrected chi connectivity index (χ4v) is 5.84. The third-order valence-electron chi connectivity index (χ3n) is 1.68. The monoisotopic (exact) mass is 212 g/mol. The maximum absolute atomic E-state index is 10.2. The molecule has 0 radical (unpaired) electrons. The molecule has 0 aromatic heterocycles. The number of carbonyl (C=O) groups is 1. The van der Waals surface area contributed by atoms with Crippen LogP contribution in [0, 0.1) is 0 Å². The molecule has 8 heavy (non-hydrogen) atoms. The first-order valence-corrected chi connectivity index (χ1v) is 10.5. The van der Waals surface area contributed by atoms with E-state index in [1.807, 2.05) is 0 Å². The molecule has 1 aliphatic heterocycles. The minimum absolute atomic E-state index is 0.414. The standard InChI is InChI=1S/C5H6O.CH3.In/c1-2-3-4-5-6;;/h2-5H,1H2;1H3;. The van der Waals surface area contributed by atoms with Gasteiger partial charge in [-0.25, -0.2) is 0 Å². The summed E-state index contributed by atoms with van der Waals surface area (Å²) in [6.07, 6.45) is 5.36. The molecule has 1 unspecified atom stereocenters. The molecule has 0 aromatic rings. The second kappa shape index (κ2) is 2.72. The summed E-state index contributed by atoms with van der Waals surface area (Å²) in [5.41, 5.74) is 0. The Bertz CT molecular complexity index is 120. The number of carbonyl (C=O) groups excluding carboxylic acids is 1. The molecule has 1 aliphatic rings. The van der Waals surface area contributed by atoms with Crippen LogP contribution in [0.2, 0.25) is 12.5 Å². The SMILES string of the molecule is [CH3][In]1[CH2]C=C[CH]1C=O.